The molecule has 1 atom stereocenters. The Bertz CT molecular complexity index is 639. The van der Waals surface area contributed by atoms with E-state index in [2.05, 4.69) is 10.5 Å². The number of benzene rings is 1. The predicted octanol–water partition coefficient (Wildman–Crippen LogP) is 3.06. The first-order valence-electron chi connectivity index (χ1n) is 6.91. The Morgan fingerprint density at radius 2 is 2.14 bits per heavy atom. The fourth-order valence-electron chi connectivity index (χ4n) is 2.36. The maximum Gasteiger partial charge on any atom is 0.126 e. The van der Waals surface area contributed by atoms with Gasteiger partial charge in [0.15, 0.2) is 0 Å². The van der Waals surface area contributed by atoms with E-state index in [9.17, 15) is 4.39 Å². The lowest BCUT2D eigenvalue weighted by atomic mass is 10.0. The fraction of sp³-hybridized carbons (Fsp3) is 0.400. The van der Waals surface area contributed by atoms with Crippen molar-refractivity contribution in [3.8, 4) is 0 Å². The lowest BCUT2D eigenvalue weighted by molar-refractivity contribution is 0.512. The molecular weight excluding hydrogens is 291 g/mol. The molecule has 0 fully saturated rings. The van der Waals surface area contributed by atoms with E-state index in [-0.39, 0.29) is 11.9 Å². The second kappa shape index (κ2) is 6.56. The van der Waals surface area contributed by atoms with E-state index in [1.807, 2.05) is 24.6 Å². The first kappa shape index (κ1) is 15.9. The average molecular weight is 311 g/mol. The molecule has 4 nitrogen and oxygen atoms in total. The van der Waals surface area contributed by atoms with E-state index in [1.165, 1.54) is 6.07 Å². The summed E-state index contributed by atoms with van der Waals surface area (Å²) < 4.78 is 15.6. The quantitative estimate of drug-likeness (QED) is 0.659. The van der Waals surface area contributed by atoms with Crippen LogP contribution in [-0.4, -0.2) is 9.78 Å². The first-order chi connectivity index (χ1) is 9.97. The summed E-state index contributed by atoms with van der Waals surface area (Å²) in [4.78, 5) is 0. The van der Waals surface area contributed by atoms with Crippen molar-refractivity contribution in [3.05, 3.63) is 51.6 Å². The zero-order valence-electron chi connectivity index (χ0n) is 12.5. The van der Waals surface area contributed by atoms with Crippen LogP contribution < -0.4 is 11.3 Å². The normalized spacial score (nSPS) is 12.7. The summed E-state index contributed by atoms with van der Waals surface area (Å²) in [5, 5.41) is 5.03. The minimum absolute atomic E-state index is 0.223. The third-order valence-corrected chi connectivity index (χ3v) is 4.14. The van der Waals surface area contributed by atoms with Crippen molar-refractivity contribution in [3.63, 3.8) is 0 Å². The Morgan fingerprint density at radius 3 is 2.71 bits per heavy atom. The number of aryl methyl sites for hydroxylation is 3. The van der Waals surface area contributed by atoms with Crippen molar-refractivity contribution < 1.29 is 4.39 Å². The van der Waals surface area contributed by atoms with Gasteiger partial charge in [0.1, 0.15) is 5.82 Å². The van der Waals surface area contributed by atoms with Crippen LogP contribution in [0.15, 0.2) is 18.2 Å². The van der Waals surface area contributed by atoms with Gasteiger partial charge in [0.2, 0.25) is 0 Å². The summed E-state index contributed by atoms with van der Waals surface area (Å²) in [5.41, 5.74) is 5.83. The van der Waals surface area contributed by atoms with Crippen LogP contribution in [0.3, 0.4) is 0 Å². The number of hydrazine groups is 1. The lowest BCUT2D eigenvalue weighted by Gasteiger charge is -2.18. The van der Waals surface area contributed by atoms with Crippen LogP contribution in [-0.2, 0) is 13.0 Å². The maximum absolute atomic E-state index is 13.7. The third-order valence-electron chi connectivity index (χ3n) is 3.65. The van der Waals surface area contributed by atoms with Gasteiger partial charge in [0.05, 0.1) is 22.5 Å². The third kappa shape index (κ3) is 3.26. The molecule has 21 heavy (non-hydrogen) atoms. The Labute approximate surface area is 129 Å². The highest BCUT2D eigenvalue weighted by Crippen LogP contribution is 2.26. The molecule has 1 unspecified atom stereocenters. The summed E-state index contributed by atoms with van der Waals surface area (Å²) >= 11 is 6.31. The number of nitrogens with one attached hydrogen (secondary N) is 1. The van der Waals surface area contributed by atoms with E-state index < -0.39 is 0 Å². The summed E-state index contributed by atoms with van der Waals surface area (Å²) in [7, 11) is 0. The molecule has 0 saturated heterocycles. The van der Waals surface area contributed by atoms with Gasteiger partial charge < -0.3 is 0 Å². The summed E-state index contributed by atoms with van der Waals surface area (Å²) in [6.45, 7) is 6.33. The smallest absolute Gasteiger partial charge is 0.126 e. The number of rotatable bonds is 5. The number of aromatic nitrogens is 2. The van der Waals surface area contributed by atoms with E-state index in [0.717, 1.165) is 23.5 Å². The highest BCUT2D eigenvalue weighted by atomic mass is 35.5. The molecule has 0 aliphatic carbocycles. The van der Waals surface area contributed by atoms with Gasteiger partial charge in [-0.3, -0.25) is 16.0 Å². The van der Waals surface area contributed by atoms with Gasteiger partial charge in [0, 0.05) is 13.0 Å². The van der Waals surface area contributed by atoms with Gasteiger partial charge in [-0.15, -0.1) is 0 Å². The molecule has 0 amide bonds. The Hall–Kier alpha value is -1.43. The van der Waals surface area contributed by atoms with Crippen molar-refractivity contribution in [2.24, 2.45) is 5.84 Å². The molecule has 6 heteroatoms. The van der Waals surface area contributed by atoms with Crippen LogP contribution in [0.1, 0.15) is 35.5 Å². The minimum Gasteiger partial charge on any atom is -0.271 e. The summed E-state index contributed by atoms with van der Waals surface area (Å²) in [6, 6.07) is 4.90. The molecule has 0 aliphatic rings. The van der Waals surface area contributed by atoms with Gasteiger partial charge in [-0.2, -0.15) is 5.10 Å². The Kier molecular flexibility index (Phi) is 4.98. The number of hydrogen-bond acceptors (Lipinski definition) is 3. The maximum atomic E-state index is 13.7. The molecule has 114 valence electrons. The van der Waals surface area contributed by atoms with E-state index >= 15 is 0 Å². The lowest BCUT2D eigenvalue weighted by Crippen LogP contribution is -2.30. The van der Waals surface area contributed by atoms with E-state index in [4.69, 9.17) is 17.4 Å². The van der Waals surface area contributed by atoms with E-state index in [1.54, 1.807) is 13.0 Å². The highest BCUT2D eigenvalue weighted by Gasteiger charge is 2.19. The monoisotopic (exact) mass is 310 g/mol. The van der Waals surface area contributed by atoms with Crippen molar-refractivity contribution in [1.82, 2.24) is 15.2 Å². The van der Waals surface area contributed by atoms with Gasteiger partial charge in [-0.1, -0.05) is 23.7 Å². The van der Waals surface area contributed by atoms with Crippen LogP contribution in [0.2, 0.25) is 5.02 Å². The van der Waals surface area contributed by atoms with Crippen LogP contribution in [0.4, 0.5) is 4.39 Å². The average Bonchev–Trinajstić information content (AvgIpc) is 2.75. The molecule has 0 saturated carbocycles. The molecule has 1 aromatic carbocycles. The predicted molar refractivity (Wildman–Crippen MR) is 82.6 cm³/mol. The van der Waals surface area contributed by atoms with Crippen LogP contribution in [0.5, 0.6) is 0 Å². The van der Waals surface area contributed by atoms with Crippen molar-refractivity contribution in [1.29, 1.82) is 0 Å². The topological polar surface area (TPSA) is 55.9 Å². The zero-order chi connectivity index (χ0) is 15.6. The highest BCUT2D eigenvalue weighted by molar-refractivity contribution is 6.31. The standard InChI is InChI=1S/C15H20ClFN4/c1-4-21-14(15(16)10(3)20-21)8-13(19-18)11-6-5-9(2)12(17)7-11/h5-7,13,19H,4,8,18H2,1-3H3. The molecular formula is C15H20ClFN4. The molecule has 0 spiro atoms. The molecule has 2 rings (SSSR count). The van der Waals surface area contributed by atoms with Crippen LogP contribution >= 0.6 is 11.6 Å². The van der Waals surface area contributed by atoms with E-state index in [0.29, 0.717) is 17.0 Å². The molecule has 1 heterocycles. The molecule has 0 aliphatic heterocycles. The van der Waals surface area contributed by atoms with Crippen LogP contribution in [0.25, 0.3) is 0 Å². The number of nitrogens with two attached hydrogens (primary N) is 1. The SMILES string of the molecule is CCn1nc(C)c(Cl)c1CC(NN)c1ccc(C)c(F)c1. The minimum atomic E-state index is -0.237. The van der Waals surface area contributed by atoms with Gasteiger partial charge >= 0.3 is 0 Å². The molecule has 0 radical (unpaired) electrons. The number of halogens is 2. The zero-order valence-corrected chi connectivity index (χ0v) is 13.2. The molecule has 2 aromatic rings. The van der Waals surface area contributed by atoms with Gasteiger partial charge in [-0.25, -0.2) is 4.39 Å². The van der Waals surface area contributed by atoms with Crippen LogP contribution in [0, 0.1) is 19.7 Å². The molecule has 1 aromatic heterocycles. The number of hydrogen-bond donors (Lipinski definition) is 2. The largest absolute Gasteiger partial charge is 0.271 e. The van der Waals surface area contributed by atoms with Crippen molar-refractivity contribution in [2.45, 2.75) is 39.8 Å². The van der Waals surface area contributed by atoms with Crippen molar-refractivity contribution in [2.75, 3.05) is 0 Å². The van der Waals surface area contributed by atoms with Gasteiger partial charge in [-0.05, 0) is 38.0 Å². The second-order valence-electron chi connectivity index (χ2n) is 5.09. The summed E-state index contributed by atoms with van der Waals surface area (Å²) in [5.74, 6) is 5.41. The number of nitrogens with zero attached hydrogens (tertiary/aromatic N) is 2. The molecule has 3 N–H and O–H groups in total. The van der Waals surface area contributed by atoms with Crippen molar-refractivity contribution >= 4 is 11.6 Å². The summed E-state index contributed by atoms with van der Waals surface area (Å²) in [6.07, 6.45) is 0.548. The Balaban J connectivity index is 2.33. The first-order valence-corrected chi connectivity index (χ1v) is 7.29. The Morgan fingerprint density at radius 1 is 1.43 bits per heavy atom. The van der Waals surface area contributed by atoms with Gasteiger partial charge in [0.25, 0.3) is 0 Å². The fourth-order valence-corrected chi connectivity index (χ4v) is 2.57. The molecule has 0 bridgehead atoms. The second-order valence-corrected chi connectivity index (χ2v) is 5.47.